The van der Waals surface area contributed by atoms with Crippen molar-refractivity contribution in [1.82, 2.24) is 15.5 Å². The molecule has 4 amide bonds. The van der Waals surface area contributed by atoms with Crippen molar-refractivity contribution in [2.24, 2.45) is 0 Å². The Hall–Kier alpha value is -4.97. The van der Waals surface area contributed by atoms with E-state index in [1.54, 1.807) is 36.6 Å². The van der Waals surface area contributed by atoms with Gasteiger partial charge < -0.3 is 29.7 Å². The molecule has 0 radical (unpaired) electrons. The van der Waals surface area contributed by atoms with Gasteiger partial charge in [-0.1, -0.05) is 60.7 Å². The number of amides is 4. The van der Waals surface area contributed by atoms with Crippen LogP contribution in [0.1, 0.15) is 64.2 Å². The molecule has 2 N–H and O–H groups in total. The second-order valence-electron chi connectivity index (χ2n) is 14.7. The second kappa shape index (κ2) is 15.5. The number of carbonyl (C=O) groups is 4. The number of halogens is 1. The Morgan fingerprint density at radius 1 is 0.863 bits per heavy atom. The Balaban J connectivity index is 1.28. The van der Waals surface area contributed by atoms with Gasteiger partial charge in [-0.05, 0) is 82.3 Å². The summed E-state index contributed by atoms with van der Waals surface area (Å²) in [5.41, 5.74) is 0.275. The number of piperidine rings is 1. The van der Waals surface area contributed by atoms with Crippen LogP contribution in [0.15, 0.2) is 78.9 Å². The second-order valence-corrected chi connectivity index (χ2v) is 14.7. The maximum absolute atomic E-state index is 14.6. The number of fused-ring (bicyclic) bond motifs is 2. The number of alkyl carbamates (subject to hydrolysis) is 1. The molecule has 2 aliphatic heterocycles. The Morgan fingerprint density at radius 2 is 1.47 bits per heavy atom. The van der Waals surface area contributed by atoms with E-state index in [0.29, 0.717) is 37.2 Å². The Bertz CT molecular complexity index is 1700. The van der Waals surface area contributed by atoms with Crippen molar-refractivity contribution >= 4 is 29.7 Å². The zero-order chi connectivity index (χ0) is 36.8. The first-order valence-corrected chi connectivity index (χ1v) is 17.2. The summed E-state index contributed by atoms with van der Waals surface area (Å²) in [4.78, 5) is 56.7. The highest BCUT2D eigenvalue weighted by Gasteiger charge is 2.48. The van der Waals surface area contributed by atoms with Crippen LogP contribution in [0.25, 0.3) is 0 Å². The minimum Gasteiger partial charge on any atom is -0.444 e. The van der Waals surface area contributed by atoms with Crippen molar-refractivity contribution in [2.75, 3.05) is 31.1 Å². The molecule has 3 aromatic carbocycles. The number of carbonyl (C=O) groups excluding carboxylic acids is 4. The van der Waals surface area contributed by atoms with E-state index < -0.39 is 46.5 Å². The van der Waals surface area contributed by atoms with Gasteiger partial charge in [0.2, 0.25) is 11.8 Å². The van der Waals surface area contributed by atoms with Crippen molar-refractivity contribution < 1.29 is 37.8 Å². The van der Waals surface area contributed by atoms with Crippen LogP contribution in [0.5, 0.6) is 0 Å². The number of hydrogen-bond donors (Lipinski definition) is 2. The lowest BCUT2D eigenvalue weighted by atomic mass is 9.74. The molecule has 0 bridgehead atoms. The van der Waals surface area contributed by atoms with E-state index in [2.05, 4.69) is 10.6 Å². The first-order chi connectivity index (χ1) is 24.2. The molecule has 0 saturated carbocycles. The average Bonchev–Trinajstić information content (AvgIpc) is 3.39. The lowest BCUT2D eigenvalue weighted by molar-refractivity contribution is -0.141. The predicted octanol–water partition coefficient (Wildman–Crippen LogP) is 5.85. The molecular weight excluding hydrogens is 655 g/mol. The van der Waals surface area contributed by atoms with Crippen molar-refractivity contribution in [3.8, 4) is 0 Å². The zero-order valence-corrected chi connectivity index (χ0v) is 29.9. The molecule has 0 unspecified atom stereocenters. The molecule has 2 heterocycles. The Kier molecular flexibility index (Phi) is 11.3. The topological polar surface area (TPSA) is 127 Å². The molecule has 2 aliphatic rings. The van der Waals surface area contributed by atoms with E-state index in [-0.39, 0.29) is 32.3 Å². The molecular formula is C39H47FN4O7. The minimum absolute atomic E-state index is 0.103. The van der Waals surface area contributed by atoms with E-state index in [1.165, 1.54) is 26.0 Å². The number of nitrogens with one attached hydrogen (secondary N) is 2. The van der Waals surface area contributed by atoms with Crippen LogP contribution in [0.2, 0.25) is 0 Å². The first kappa shape index (κ1) is 37.3. The van der Waals surface area contributed by atoms with Gasteiger partial charge in [-0.15, -0.1) is 0 Å². The standard InChI is InChI=1S/C39H47FN4O7/c1-37(2,3)51-35(47)42-38(4,5)34(46)41-31(25-49-23-27-12-8-6-9-13-27)33(45)43-20-18-39(19-21-43)26-44(32-17-16-29(40)22-30(32)39)36(48)50-24-28-14-10-7-11-15-28/h6-17,22,31H,18-21,23-26H2,1-5H3,(H,41,46)(H,42,47)/t31-/m1/s1. The maximum Gasteiger partial charge on any atom is 0.414 e. The fourth-order valence-electron chi connectivity index (χ4n) is 6.40. The van der Waals surface area contributed by atoms with Gasteiger partial charge in [0.05, 0.1) is 18.9 Å². The predicted molar refractivity (Wildman–Crippen MR) is 189 cm³/mol. The monoisotopic (exact) mass is 702 g/mol. The number of rotatable bonds is 10. The number of nitrogens with zero attached hydrogens (tertiary/aromatic N) is 2. The van der Waals surface area contributed by atoms with Gasteiger partial charge in [0.25, 0.3) is 0 Å². The molecule has 1 atom stereocenters. The first-order valence-electron chi connectivity index (χ1n) is 17.2. The van der Waals surface area contributed by atoms with Crippen LogP contribution < -0.4 is 15.5 Å². The van der Waals surface area contributed by atoms with Crippen molar-refractivity contribution in [3.63, 3.8) is 0 Å². The molecule has 0 aromatic heterocycles. The van der Waals surface area contributed by atoms with Gasteiger partial charge in [0, 0.05) is 25.0 Å². The molecule has 272 valence electrons. The summed E-state index contributed by atoms with van der Waals surface area (Å²) in [5, 5.41) is 5.38. The average molecular weight is 703 g/mol. The lowest BCUT2D eigenvalue weighted by Gasteiger charge is -2.41. The summed E-state index contributed by atoms with van der Waals surface area (Å²) in [6, 6.07) is 22.2. The molecule has 3 aromatic rings. The third-order valence-corrected chi connectivity index (χ3v) is 9.12. The van der Waals surface area contributed by atoms with Crippen LogP contribution in [0, 0.1) is 5.82 Å². The van der Waals surface area contributed by atoms with E-state index in [0.717, 1.165) is 11.1 Å². The van der Waals surface area contributed by atoms with Crippen LogP contribution in [-0.2, 0) is 42.4 Å². The Labute approximate surface area is 298 Å². The van der Waals surface area contributed by atoms with Crippen molar-refractivity contribution in [3.05, 3.63) is 101 Å². The molecule has 1 fully saturated rings. The van der Waals surface area contributed by atoms with Crippen molar-refractivity contribution in [1.29, 1.82) is 0 Å². The number of hydrogen-bond acceptors (Lipinski definition) is 7. The van der Waals surface area contributed by atoms with Crippen LogP contribution >= 0.6 is 0 Å². The molecule has 1 spiro atoms. The van der Waals surface area contributed by atoms with Gasteiger partial charge in [-0.2, -0.15) is 0 Å². The van der Waals surface area contributed by atoms with Gasteiger partial charge in [0.15, 0.2) is 0 Å². The van der Waals surface area contributed by atoms with Gasteiger partial charge >= 0.3 is 12.2 Å². The third kappa shape index (κ3) is 9.43. The summed E-state index contributed by atoms with van der Waals surface area (Å²) < 4.78 is 31.5. The molecule has 12 heteroatoms. The molecule has 51 heavy (non-hydrogen) atoms. The van der Waals surface area contributed by atoms with Crippen LogP contribution in [0.3, 0.4) is 0 Å². The van der Waals surface area contributed by atoms with E-state index >= 15 is 0 Å². The van der Waals surface area contributed by atoms with E-state index in [1.807, 2.05) is 60.7 Å². The molecule has 1 saturated heterocycles. The Morgan fingerprint density at radius 3 is 2.08 bits per heavy atom. The van der Waals surface area contributed by atoms with E-state index in [4.69, 9.17) is 14.2 Å². The van der Waals surface area contributed by atoms with Gasteiger partial charge in [0.1, 0.15) is 29.6 Å². The highest BCUT2D eigenvalue weighted by Crippen LogP contribution is 2.47. The molecule has 5 rings (SSSR count). The van der Waals surface area contributed by atoms with E-state index in [9.17, 15) is 23.6 Å². The fraction of sp³-hybridized carbons (Fsp3) is 0.436. The van der Waals surface area contributed by atoms with Gasteiger partial charge in [-0.25, -0.2) is 14.0 Å². The quantitative estimate of drug-likeness (QED) is 0.272. The zero-order valence-electron chi connectivity index (χ0n) is 29.9. The molecule has 11 nitrogen and oxygen atoms in total. The number of benzene rings is 3. The number of anilines is 1. The summed E-state index contributed by atoms with van der Waals surface area (Å²) in [5.74, 6) is -1.35. The third-order valence-electron chi connectivity index (χ3n) is 9.12. The fourth-order valence-corrected chi connectivity index (χ4v) is 6.40. The van der Waals surface area contributed by atoms with Crippen molar-refractivity contribution in [2.45, 2.75) is 83.3 Å². The van der Waals surface area contributed by atoms with Crippen LogP contribution in [0.4, 0.5) is 19.7 Å². The largest absolute Gasteiger partial charge is 0.444 e. The lowest BCUT2D eigenvalue weighted by Crippen LogP contribution is -2.61. The summed E-state index contributed by atoms with van der Waals surface area (Å²) in [6.07, 6.45) is -0.384. The maximum atomic E-state index is 14.6. The number of likely N-dealkylation sites (tertiary alicyclic amines) is 1. The summed E-state index contributed by atoms with van der Waals surface area (Å²) >= 11 is 0. The number of ether oxygens (including phenoxy) is 3. The normalized spacial score (nSPS) is 15.9. The molecule has 0 aliphatic carbocycles. The highest BCUT2D eigenvalue weighted by molar-refractivity contribution is 5.94. The minimum atomic E-state index is -1.41. The van der Waals surface area contributed by atoms with Gasteiger partial charge in [-0.3, -0.25) is 14.5 Å². The highest BCUT2D eigenvalue weighted by atomic mass is 19.1. The van der Waals surface area contributed by atoms with Crippen LogP contribution in [-0.4, -0.2) is 72.3 Å². The smallest absolute Gasteiger partial charge is 0.414 e. The summed E-state index contributed by atoms with van der Waals surface area (Å²) in [7, 11) is 0. The SMILES string of the molecule is CC(C)(C)OC(=O)NC(C)(C)C(=O)N[C@H](COCc1ccccc1)C(=O)N1CCC2(CC1)CN(C(=O)OCc1ccccc1)c1ccc(F)cc12. The summed E-state index contributed by atoms with van der Waals surface area (Å²) in [6.45, 7) is 9.30.